The first-order valence-electron chi connectivity index (χ1n) is 7.83. The smallest absolute Gasteiger partial charge is 0.0921 e. The van der Waals surface area contributed by atoms with Gasteiger partial charge in [-0.3, -0.25) is 0 Å². The van der Waals surface area contributed by atoms with Crippen LogP contribution in [0.1, 0.15) is 56.0 Å². The molecular weight excluding hydrogens is 260 g/mol. The Balaban J connectivity index is 1.95. The van der Waals surface area contributed by atoms with Crippen molar-refractivity contribution in [3.63, 3.8) is 0 Å². The van der Waals surface area contributed by atoms with Crippen LogP contribution >= 0.6 is 0 Å². The van der Waals surface area contributed by atoms with Crippen molar-refractivity contribution >= 4 is 0 Å². The third-order valence-corrected chi connectivity index (χ3v) is 6.05. The van der Waals surface area contributed by atoms with Gasteiger partial charge in [-0.1, -0.05) is 39.0 Å². The van der Waals surface area contributed by atoms with Crippen LogP contribution in [0, 0.1) is 11.3 Å². The summed E-state index contributed by atoms with van der Waals surface area (Å²) < 4.78 is 2.08. The molecule has 3 heteroatoms. The van der Waals surface area contributed by atoms with Crippen LogP contribution in [0.4, 0.5) is 0 Å². The van der Waals surface area contributed by atoms with E-state index in [2.05, 4.69) is 37.6 Å². The molecule has 1 fully saturated rings. The summed E-state index contributed by atoms with van der Waals surface area (Å²) in [5.41, 5.74) is 4.96. The molecule has 110 valence electrons. The summed E-state index contributed by atoms with van der Waals surface area (Å²) in [6, 6.07) is 10.3. The van der Waals surface area contributed by atoms with Crippen molar-refractivity contribution in [3.05, 3.63) is 47.3 Å². The van der Waals surface area contributed by atoms with Crippen LogP contribution in [0.2, 0.25) is 0 Å². The maximum Gasteiger partial charge on any atom is 0.0921 e. The van der Waals surface area contributed by atoms with Gasteiger partial charge in [0.05, 0.1) is 23.7 Å². The molecule has 2 aliphatic rings. The Labute approximate surface area is 125 Å². The van der Waals surface area contributed by atoms with E-state index in [1.807, 2.05) is 18.2 Å². The molecule has 3 unspecified atom stereocenters. The van der Waals surface area contributed by atoms with Gasteiger partial charge in [-0.2, -0.15) is 5.10 Å². The molecule has 3 nitrogen and oxygen atoms in total. The second kappa shape index (κ2) is 4.20. The Bertz CT molecular complexity index is 687. The van der Waals surface area contributed by atoms with Crippen LogP contribution in [0.5, 0.6) is 0 Å². The number of hydrogen-bond acceptors (Lipinski definition) is 2. The monoisotopic (exact) mass is 282 g/mol. The van der Waals surface area contributed by atoms with Crippen molar-refractivity contribution in [1.29, 1.82) is 0 Å². The van der Waals surface area contributed by atoms with Crippen LogP contribution in [0.15, 0.2) is 30.3 Å². The van der Waals surface area contributed by atoms with Gasteiger partial charge in [0.15, 0.2) is 0 Å². The van der Waals surface area contributed by atoms with Crippen molar-refractivity contribution in [2.45, 2.75) is 45.6 Å². The first-order chi connectivity index (χ1) is 10.1. The lowest BCUT2D eigenvalue weighted by molar-refractivity contribution is 0.219. The van der Waals surface area contributed by atoms with E-state index in [1.54, 1.807) is 0 Å². The quantitative estimate of drug-likeness (QED) is 0.913. The lowest BCUT2D eigenvalue weighted by Crippen LogP contribution is -2.28. The number of benzene rings is 1. The minimum Gasteiger partial charge on any atom is -0.390 e. The zero-order valence-electron chi connectivity index (χ0n) is 12.9. The van der Waals surface area contributed by atoms with Crippen molar-refractivity contribution in [3.8, 4) is 5.69 Å². The van der Waals surface area contributed by atoms with Crippen molar-refractivity contribution in [1.82, 2.24) is 9.78 Å². The highest BCUT2D eigenvalue weighted by Crippen LogP contribution is 2.65. The van der Waals surface area contributed by atoms with Gasteiger partial charge in [0, 0.05) is 11.5 Å². The number of aromatic nitrogens is 2. The maximum atomic E-state index is 9.73. The second-order valence-corrected chi connectivity index (χ2v) is 7.16. The number of para-hydroxylation sites is 1. The van der Waals surface area contributed by atoms with E-state index in [4.69, 9.17) is 5.10 Å². The molecule has 2 aliphatic carbocycles. The minimum absolute atomic E-state index is 0.0402. The minimum atomic E-state index is 0.0402. The zero-order valence-corrected chi connectivity index (χ0v) is 12.9. The summed E-state index contributed by atoms with van der Waals surface area (Å²) in [4.78, 5) is 0. The van der Waals surface area contributed by atoms with Gasteiger partial charge in [-0.15, -0.1) is 0 Å². The maximum absolute atomic E-state index is 9.73. The van der Waals surface area contributed by atoms with E-state index in [0.717, 1.165) is 11.4 Å². The highest BCUT2D eigenvalue weighted by atomic mass is 16.3. The van der Waals surface area contributed by atoms with E-state index in [9.17, 15) is 5.11 Å². The van der Waals surface area contributed by atoms with E-state index >= 15 is 0 Å². The summed E-state index contributed by atoms with van der Waals surface area (Å²) >= 11 is 0. The van der Waals surface area contributed by atoms with E-state index in [1.165, 1.54) is 17.7 Å². The lowest BCUT2D eigenvalue weighted by Gasteiger charge is -2.36. The summed E-state index contributed by atoms with van der Waals surface area (Å²) in [5, 5.41) is 14.5. The number of nitrogens with zero attached hydrogens (tertiary/aromatic N) is 2. The molecule has 0 radical (unpaired) electrons. The Hall–Kier alpha value is -1.61. The zero-order chi connectivity index (χ0) is 14.8. The fourth-order valence-electron chi connectivity index (χ4n) is 4.54. The predicted octanol–water partition coefficient (Wildman–Crippen LogP) is 3.61. The highest BCUT2D eigenvalue weighted by molar-refractivity contribution is 5.48. The Kier molecular flexibility index (Phi) is 2.62. The molecule has 1 saturated carbocycles. The first kappa shape index (κ1) is 13.1. The molecule has 1 heterocycles. The molecule has 0 spiro atoms. The fourth-order valence-corrected chi connectivity index (χ4v) is 4.54. The van der Waals surface area contributed by atoms with E-state index < -0.39 is 0 Å². The highest BCUT2D eigenvalue weighted by Gasteiger charge is 2.56. The molecule has 2 bridgehead atoms. The summed E-state index contributed by atoms with van der Waals surface area (Å²) in [6.45, 7) is 7.16. The molecule has 0 aliphatic heterocycles. The molecule has 3 atom stereocenters. The van der Waals surface area contributed by atoms with Gasteiger partial charge in [-0.05, 0) is 35.8 Å². The number of aliphatic hydroxyl groups is 1. The molecule has 0 amide bonds. The van der Waals surface area contributed by atoms with Gasteiger partial charge < -0.3 is 5.11 Å². The van der Waals surface area contributed by atoms with Crippen LogP contribution in [-0.2, 0) is 6.61 Å². The largest absolute Gasteiger partial charge is 0.390 e. The van der Waals surface area contributed by atoms with Crippen LogP contribution in [0.25, 0.3) is 5.69 Å². The molecule has 2 aromatic rings. The molecule has 1 N–H and O–H groups in total. The van der Waals surface area contributed by atoms with Crippen LogP contribution in [0.3, 0.4) is 0 Å². The van der Waals surface area contributed by atoms with Gasteiger partial charge in [0.2, 0.25) is 0 Å². The van der Waals surface area contributed by atoms with Gasteiger partial charge >= 0.3 is 0 Å². The molecule has 1 aromatic carbocycles. The summed E-state index contributed by atoms with van der Waals surface area (Å²) in [6.07, 6.45) is 1.21. The predicted molar refractivity (Wildman–Crippen MR) is 82.5 cm³/mol. The Morgan fingerprint density at radius 1 is 1.29 bits per heavy atom. The van der Waals surface area contributed by atoms with Crippen molar-refractivity contribution < 1.29 is 5.11 Å². The number of hydrogen-bond donors (Lipinski definition) is 1. The third kappa shape index (κ3) is 1.55. The number of fused-ring (bicyclic) bond motifs is 5. The van der Waals surface area contributed by atoms with Crippen LogP contribution < -0.4 is 0 Å². The molecule has 21 heavy (non-hydrogen) atoms. The number of rotatable bonds is 2. The summed E-state index contributed by atoms with van der Waals surface area (Å²) in [5.74, 6) is 1.74. The first-order valence-corrected chi connectivity index (χ1v) is 7.83. The molecular formula is C18H22N2O. The van der Waals surface area contributed by atoms with Gasteiger partial charge in [-0.25, -0.2) is 4.68 Å². The Morgan fingerprint density at radius 3 is 2.67 bits per heavy atom. The van der Waals surface area contributed by atoms with Crippen LogP contribution in [-0.4, -0.2) is 14.9 Å². The topological polar surface area (TPSA) is 38.1 Å². The Morgan fingerprint density at radius 2 is 2.00 bits per heavy atom. The van der Waals surface area contributed by atoms with Gasteiger partial charge in [0.1, 0.15) is 0 Å². The third-order valence-electron chi connectivity index (χ3n) is 6.05. The normalized spacial score (nSPS) is 28.9. The SMILES string of the molecule is CC1C2CC(c3c2c(CO)nn3-c2ccccc2)C1(C)C. The van der Waals surface area contributed by atoms with Gasteiger partial charge in [0.25, 0.3) is 0 Å². The summed E-state index contributed by atoms with van der Waals surface area (Å²) in [7, 11) is 0. The van der Waals surface area contributed by atoms with Crippen molar-refractivity contribution in [2.24, 2.45) is 11.3 Å². The lowest BCUT2D eigenvalue weighted by atomic mass is 9.69. The second-order valence-electron chi connectivity index (χ2n) is 7.16. The standard InChI is InChI=1S/C18H22N2O/c1-11-13-9-14(18(11,2)3)17-16(13)15(10-21)19-20(17)12-7-5-4-6-8-12/h4-8,11,13-14,21H,9-10H2,1-3H3. The van der Waals surface area contributed by atoms with E-state index in [0.29, 0.717) is 23.2 Å². The average molecular weight is 282 g/mol. The molecule has 4 rings (SSSR count). The molecule has 0 saturated heterocycles. The van der Waals surface area contributed by atoms with E-state index in [-0.39, 0.29) is 6.61 Å². The van der Waals surface area contributed by atoms with Crippen molar-refractivity contribution in [2.75, 3.05) is 0 Å². The average Bonchev–Trinajstić information content (AvgIpc) is 3.10. The number of aliphatic hydroxyl groups excluding tert-OH is 1. The fraction of sp³-hybridized carbons (Fsp3) is 0.500. The molecule has 1 aromatic heterocycles.